The Morgan fingerprint density at radius 2 is 1.83 bits per heavy atom. The molecule has 2 aromatic carbocycles. The van der Waals surface area contributed by atoms with Crippen LogP contribution in [0.2, 0.25) is 0 Å². The normalized spacial score (nSPS) is 10.5. The van der Waals surface area contributed by atoms with Gasteiger partial charge in [-0.3, -0.25) is 14.9 Å². The van der Waals surface area contributed by atoms with E-state index < -0.39 is 10.8 Å². The van der Waals surface area contributed by atoms with Crippen molar-refractivity contribution in [2.24, 2.45) is 5.10 Å². The Labute approximate surface area is 133 Å². The summed E-state index contributed by atoms with van der Waals surface area (Å²) in [5.74, 6) is -0.626. The lowest BCUT2D eigenvalue weighted by Gasteiger charge is -2.11. The molecule has 0 aliphatic heterocycles. The second kappa shape index (κ2) is 7.17. The molecule has 0 unspecified atom stereocenters. The number of para-hydroxylation sites is 1. The van der Waals surface area contributed by atoms with Crippen LogP contribution >= 0.6 is 0 Å². The smallest absolute Gasteiger partial charge is 0.282 e. The molecule has 1 N–H and O–H groups in total. The minimum Gasteiger partial charge on any atom is -0.378 e. The van der Waals surface area contributed by atoms with Crippen LogP contribution in [0.15, 0.2) is 53.6 Å². The molecule has 0 bridgehead atoms. The van der Waals surface area contributed by atoms with Gasteiger partial charge in [0.15, 0.2) is 0 Å². The summed E-state index contributed by atoms with van der Waals surface area (Å²) in [6, 6.07) is 13.3. The molecule has 0 atom stereocenters. The van der Waals surface area contributed by atoms with E-state index in [-0.39, 0.29) is 11.3 Å². The summed E-state index contributed by atoms with van der Waals surface area (Å²) in [6.07, 6.45) is 1.48. The van der Waals surface area contributed by atoms with Gasteiger partial charge in [0.05, 0.1) is 11.1 Å². The molecule has 0 aliphatic rings. The van der Waals surface area contributed by atoms with Crippen LogP contribution in [0.3, 0.4) is 0 Å². The predicted molar refractivity (Wildman–Crippen MR) is 88.9 cm³/mol. The van der Waals surface area contributed by atoms with Crippen LogP contribution in [0.25, 0.3) is 0 Å². The Kier molecular flexibility index (Phi) is 5.03. The summed E-state index contributed by atoms with van der Waals surface area (Å²) in [6.45, 7) is 0. The molecule has 0 spiro atoms. The van der Waals surface area contributed by atoms with Crippen molar-refractivity contribution in [2.45, 2.75) is 0 Å². The third kappa shape index (κ3) is 4.13. The first kappa shape index (κ1) is 16.2. The summed E-state index contributed by atoms with van der Waals surface area (Å²) >= 11 is 0. The minimum atomic E-state index is -0.626. The van der Waals surface area contributed by atoms with Crippen LogP contribution in [0.1, 0.15) is 15.9 Å². The minimum absolute atomic E-state index is 0.0300. The van der Waals surface area contributed by atoms with E-state index in [1.54, 1.807) is 6.07 Å². The number of rotatable bonds is 5. The first-order valence-corrected chi connectivity index (χ1v) is 6.83. The molecule has 2 rings (SSSR count). The van der Waals surface area contributed by atoms with Crippen LogP contribution in [0, 0.1) is 10.1 Å². The van der Waals surface area contributed by atoms with E-state index in [9.17, 15) is 14.9 Å². The molecule has 0 heterocycles. The lowest BCUT2D eigenvalue weighted by Crippen LogP contribution is -2.18. The van der Waals surface area contributed by atoms with E-state index in [2.05, 4.69) is 10.5 Å². The first-order chi connectivity index (χ1) is 11.0. The van der Waals surface area contributed by atoms with Crippen molar-refractivity contribution in [3.63, 3.8) is 0 Å². The molecule has 0 fully saturated rings. The Morgan fingerprint density at radius 3 is 2.43 bits per heavy atom. The number of hydrogen-bond donors (Lipinski definition) is 1. The Hall–Kier alpha value is -3.22. The highest BCUT2D eigenvalue weighted by molar-refractivity contribution is 5.98. The van der Waals surface area contributed by atoms with Crippen LogP contribution in [-0.4, -0.2) is 31.1 Å². The number of carbonyl (C=O) groups excluding carboxylic acids is 1. The molecule has 7 nitrogen and oxygen atoms in total. The zero-order chi connectivity index (χ0) is 16.8. The summed E-state index contributed by atoms with van der Waals surface area (Å²) < 4.78 is 0. The van der Waals surface area contributed by atoms with Crippen LogP contribution in [0.4, 0.5) is 11.4 Å². The van der Waals surface area contributed by atoms with E-state index >= 15 is 0 Å². The van der Waals surface area contributed by atoms with Gasteiger partial charge >= 0.3 is 0 Å². The third-order valence-corrected chi connectivity index (χ3v) is 3.13. The van der Waals surface area contributed by atoms with E-state index in [0.717, 1.165) is 11.3 Å². The Morgan fingerprint density at radius 1 is 1.17 bits per heavy atom. The standard InChI is InChI=1S/C16H16N4O3/c1-19(2)13-9-7-12(8-10-13)11-17-18-16(21)14-5-3-4-6-15(14)20(22)23/h3-11H,1-2H3,(H,18,21)/b17-11+. The SMILES string of the molecule is CN(C)c1ccc(/C=N/NC(=O)c2ccccc2[N+](=O)[O-])cc1. The number of benzene rings is 2. The highest BCUT2D eigenvalue weighted by atomic mass is 16.6. The molecule has 0 saturated carbocycles. The third-order valence-electron chi connectivity index (χ3n) is 3.13. The lowest BCUT2D eigenvalue weighted by atomic mass is 10.2. The molecule has 118 valence electrons. The summed E-state index contributed by atoms with van der Waals surface area (Å²) in [5.41, 5.74) is 3.86. The molecular weight excluding hydrogens is 296 g/mol. The summed E-state index contributed by atoms with van der Waals surface area (Å²) in [7, 11) is 3.88. The number of nitro benzene ring substituents is 1. The van der Waals surface area contributed by atoms with E-state index in [1.807, 2.05) is 43.3 Å². The number of anilines is 1. The molecule has 1 amide bonds. The Bertz CT molecular complexity index is 739. The van der Waals surface area contributed by atoms with Crippen LogP contribution in [-0.2, 0) is 0 Å². The van der Waals surface area contributed by atoms with Gasteiger partial charge in [-0.15, -0.1) is 0 Å². The van der Waals surface area contributed by atoms with Crippen molar-refractivity contribution in [1.29, 1.82) is 0 Å². The number of carbonyl (C=O) groups is 1. The zero-order valence-electron chi connectivity index (χ0n) is 12.8. The molecule has 7 heteroatoms. The monoisotopic (exact) mass is 312 g/mol. The van der Waals surface area contributed by atoms with Gasteiger partial charge in [-0.2, -0.15) is 5.10 Å². The molecule has 0 aliphatic carbocycles. The van der Waals surface area contributed by atoms with Crippen molar-refractivity contribution in [3.8, 4) is 0 Å². The molecular formula is C16H16N4O3. The van der Waals surface area contributed by atoms with Crippen molar-refractivity contribution < 1.29 is 9.72 Å². The van der Waals surface area contributed by atoms with Crippen molar-refractivity contribution in [2.75, 3.05) is 19.0 Å². The van der Waals surface area contributed by atoms with Gasteiger partial charge in [-0.05, 0) is 23.8 Å². The fraction of sp³-hybridized carbons (Fsp3) is 0.125. The van der Waals surface area contributed by atoms with Gasteiger partial charge in [0, 0.05) is 25.8 Å². The highest BCUT2D eigenvalue weighted by Crippen LogP contribution is 2.17. The molecule has 0 radical (unpaired) electrons. The van der Waals surface area contributed by atoms with Gasteiger partial charge in [0.2, 0.25) is 0 Å². The number of nitrogens with one attached hydrogen (secondary N) is 1. The van der Waals surface area contributed by atoms with Gasteiger partial charge in [-0.25, -0.2) is 5.43 Å². The maximum absolute atomic E-state index is 12.0. The zero-order valence-corrected chi connectivity index (χ0v) is 12.8. The summed E-state index contributed by atoms with van der Waals surface area (Å²) in [4.78, 5) is 24.2. The summed E-state index contributed by atoms with van der Waals surface area (Å²) in [5, 5.41) is 14.7. The van der Waals surface area contributed by atoms with Crippen molar-refractivity contribution in [3.05, 3.63) is 69.8 Å². The topological polar surface area (TPSA) is 87.8 Å². The quantitative estimate of drug-likeness (QED) is 0.522. The largest absolute Gasteiger partial charge is 0.378 e. The second-order valence-electron chi connectivity index (χ2n) is 4.96. The number of hydrogen-bond acceptors (Lipinski definition) is 5. The van der Waals surface area contributed by atoms with E-state index in [1.165, 1.54) is 24.4 Å². The van der Waals surface area contributed by atoms with E-state index in [0.29, 0.717) is 0 Å². The van der Waals surface area contributed by atoms with E-state index in [4.69, 9.17) is 0 Å². The number of hydrazone groups is 1. The van der Waals surface area contributed by atoms with Crippen molar-refractivity contribution in [1.82, 2.24) is 5.43 Å². The molecule has 0 aromatic heterocycles. The molecule has 0 saturated heterocycles. The maximum atomic E-state index is 12.0. The predicted octanol–water partition coefficient (Wildman–Crippen LogP) is 2.42. The Balaban J connectivity index is 2.05. The molecule has 2 aromatic rings. The lowest BCUT2D eigenvalue weighted by molar-refractivity contribution is -0.385. The number of amides is 1. The maximum Gasteiger partial charge on any atom is 0.282 e. The highest BCUT2D eigenvalue weighted by Gasteiger charge is 2.18. The number of nitrogens with zero attached hydrogens (tertiary/aromatic N) is 3. The average molecular weight is 312 g/mol. The first-order valence-electron chi connectivity index (χ1n) is 6.83. The second-order valence-corrected chi connectivity index (χ2v) is 4.96. The van der Waals surface area contributed by atoms with Gasteiger partial charge in [-0.1, -0.05) is 24.3 Å². The van der Waals surface area contributed by atoms with Crippen LogP contribution < -0.4 is 10.3 Å². The van der Waals surface area contributed by atoms with Gasteiger partial charge in [0.25, 0.3) is 11.6 Å². The average Bonchev–Trinajstić information content (AvgIpc) is 2.55. The fourth-order valence-electron chi connectivity index (χ4n) is 1.91. The fourth-order valence-corrected chi connectivity index (χ4v) is 1.91. The number of nitro groups is 1. The van der Waals surface area contributed by atoms with Gasteiger partial charge in [0.1, 0.15) is 5.56 Å². The van der Waals surface area contributed by atoms with Crippen LogP contribution in [0.5, 0.6) is 0 Å². The van der Waals surface area contributed by atoms with Crippen molar-refractivity contribution >= 4 is 23.5 Å². The molecule has 23 heavy (non-hydrogen) atoms. The van der Waals surface area contributed by atoms with Gasteiger partial charge < -0.3 is 4.90 Å².